The van der Waals surface area contributed by atoms with Gasteiger partial charge < -0.3 is 10.7 Å². The summed E-state index contributed by atoms with van der Waals surface area (Å²) >= 11 is 0. The Kier molecular flexibility index (Phi) is 3.12. The Morgan fingerprint density at radius 3 is 2.67 bits per heavy atom. The molecule has 0 saturated heterocycles. The third kappa shape index (κ3) is 2.46. The molecule has 0 bridgehead atoms. The molecule has 2 aromatic heterocycles. The van der Waals surface area contributed by atoms with Crippen molar-refractivity contribution in [3.63, 3.8) is 0 Å². The molecule has 0 aliphatic heterocycles. The molecular weight excluding hydrogens is 268 g/mol. The number of carbonyl (C=O) groups is 2. The second-order valence-electron chi connectivity index (χ2n) is 4.49. The molecule has 0 aliphatic rings. The first-order valence-electron chi connectivity index (χ1n) is 6.29. The van der Waals surface area contributed by atoms with Crippen molar-refractivity contribution in [2.45, 2.75) is 0 Å². The molecule has 0 radical (unpaired) electrons. The number of anilines is 1. The Morgan fingerprint density at radius 2 is 1.90 bits per heavy atom. The van der Waals surface area contributed by atoms with Crippen LogP contribution in [0.3, 0.4) is 0 Å². The SMILES string of the molecule is Nc1ccccc1C(=O)NC(=O)c1cc2ncccc2[nH]1. The molecule has 0 saturated carbocycles. The van der Waals surface area contributed by atoms with Crippen LogP contribution in [0.25, 0.3) is 11.0 Å². The van der Waals surface area contributed by atoms with Gasteiger partial charge in [0, 0.05) is 11.9 Å². The summed E-state index contributed by atoms with van der Waals surface area (Å²) in [5.41, 5.74) is 7.95. The van der Waals surface area contributed by atoms with Crippen LogP contribution in [0.15, 0.2) is 48.7 Å². The van der Waals surface area contributed by atoms with E-state index in [1.165, 1.54) is 0 Å². The van der Waals surface area contributed by atoms with Crippen molar-refractivity contribution in [2.75, 3.05) is 5.73 Å². The fourth-order valence-electron chi connectivity index (χ4n) is 2.02. The number of nitrogen functional groups attached to an aromatic ring is 1. The molecule has 0 fully saturated rings. The van der Waals surface area contributed by atoms with Gasteiger partial charge in [-0.2, -0.15) is 0 Å². The number of rotatable bonds is 2. The average molecular weight is 280 g/mol. The lowest BCUT2D eigenvalue weighted by Crippen LogP contribution is -2.31. The number of aromatic nitrogens is 2. The Labute approximate surface area is 120 Å². The number of hydrogen-bond acceptors (Lipinski definition) is 4. The molecule has 2 heterocycles. The number of nitrogens with one attached hydrogen (secondary N) is 2. The topological polar surface area (TPSA) is 101 Å². The summed E-state index contributed by atoms with van der Waals surface area (Å²) in [5.74, 6) is -1.06. The summed E-state index contributed by atoms with van der Waals surface area (Å²) in [6.45, 7) is 0. The molecule has 0 spiro atoms. The van der Waals surface area contributed by atoms with Crippen LogP contribution in [0.2, 0.25) is 0 Å². The maximum atomic E-state index is 12.1. The van der Waals surface area contributed by atoms with Crippen LogP contribution in [-0.2, 0) is 0 Å². The molecule has 0 unspecified atom stereocenters. The second kappa shape index (κ2) is 5.09. The first-order chi connectivity index (χ1) is 10.1. The van der Waals surface area contributed by atoms with Crippen molar-refractivity contribution in [2.24, 2.45) is 0 Å². The summed E-state index contributed by atoms with van der Waals surface area (Å²) in [6.07, 6.45) is 1.63. The van der Waals surface area contributed by atoms with Crippen LogP contribution < -0.4 is 11.1 Å². The molecule has 2 amide bonds. The van der Waals surface area contributed by atoms with Gasteiger partial charge in [0.1, 0.15) is 5.69 Å². The number of imide groups is 1. The largest absolute Gasteiger partial charge is 0.398 e. The van der Waals surface area contributed by atoms with Gasteiger partial charge in [-0.3, -0.25) is 19.9 Å². The number of fused-ring (bicyclic) bond motifs is 1. The monoisotopic (exact) mass is 280 g/mol. The molecule has 104 valence electrons. The van der Waals surface area contributed by atoms with E-state index in [0.717, 1.165) is 5.52 Å². The number of H-pyrrole nitrogens is 1. The summed E-state index contributed by atoms with van der Waals surface area (Å²) < 4.78 is 0. The Morgan fingerprint density at radius 1 is 1.10 bits per heavy atom. The molecule has 3 rings (SSSR count). The number of nitrogens with zero attached hydrogens (tertiary/aromatic N) is 1. The summed E-state index contributed by atoms with van der Waals surface area (Å²) in [5, 5.41) is 2.30. The maximum absolute atomic E-state index is 12.1. The average Bonchev–Trinajstić information content (AvgIpc) is 2.91. The zero-order chi connectivity index (χ0) is 14.8. The molecule has 6 nitrogen and oxygen atoms in total. The quantitative estimate of drug-likeness (QED) is 0.491. The van der Waals surface area contributed by atoms with Gasteiger partial charge in [-0.1, -0.05) is 12.1 Å². The number of hydrogen-bond donors (Lipinski definition) is 3. The normalized spacial score (nSPS) is 10.5. The number of nitrogens with two attached hydrogens (primary N) is 1. The second-order valence-corrected chi connectivity index (χ2v) is 4.49. The van der Waals surface area contributed by atoms with Crippen molar-refractivity contribution in [3.05, 3.63) is 59.9 Å². The van der Waals surface area contributed by atoms with Crippen LogP contribution >= 0.6 is 0 Å². The van der Waals surface area contributed by atoms with E-state index >= 15 is 0 Å². The molecule has 0 aliphatic carbocycles. The first kappa shape index (κ1) is 12.9. The van der Waals surface area contributed by atoms with E-state index in [1.54, 1.807) is 48.7 Å². The van der Waals surface area contributed by atoms with E-state index in [9.17, 15) is 9.59 Å². The van der Waals surface area contributed by atoms with Gasteiger partial charge in [-0.25, -0.2) is 0 Å². The Hall–Kier alpha value is -3.15. The minimum Gasteiger partial charge on any atom is -0.398 e. The summed E-state index contributed by atoms with van der Waals surface area (Å²) in [6, 6.07) is 11.7. The molecule has 1 aromatic carbocycles. The minimum atomic E-state index is -0.537. The highest BCUT2D eigenvalue weighted by Crippen LogP contribution is 2.13. The smallest absolute Gasteiger partial charge is 0.274 e. The maximum Gasteiger partial charge on any atom is 0.274 e. The standard InChI is InChI=1S/C15H12N4O2/c16-10-5-2-1-4-9(10)14(20)19-15(21)13-8-12-11(18-13)6-3-7-17-12/h1-8,18H,16H2,(H,19,20,21). The highest BCUT2D eigenvalue weighted by molar-refractivity contribution is 6.12. The van der Waals surface area contributed by atoms with Gasteiger partial charge in [-0.05, 0) is 30.3 Å². The molecule has 21 heavy (non-hydrogen) atoms. The van der Waals surface area contributed by atoms with Crippen molar-refractivity contribution < 1.29 is 9.59 Å². The molecule has 4 N–H and O–H groups in total. The predicted molar refractivity (Wildman–Crippen MR) is 78.7 cm³/mol. The van der Waals surface area contributed by atoms with Crippen LogP contribution in [0, 0.1) is 0 Å². The van der Waals surface area contributed by atoms with Crippen molar-refractivity contribution in [1.82, 2.24) is 15.3 Å². The minimum absolute atomic E-state index is 0.264. The Bertz CT molecular complexity index is 805. The molecule has 6 heteroatoms. The molecular formula is C15H12N4O2. The number of aromatic amines is 1. The van der Waals surface area contributed by atoms with Crippen molar-refractivity contribution >= 4 is 28.5 Å². The lowest BCUT2D eigenvalue weighted by Gasteiger charge is -2.05. The lowest BCUT2D eigenvalue weighted by molar-refractivity contribution is 0.0847. The summed E-state index contributed by atoms with van der Waals surface area (Å²) in [7, 11) is 0. The number of carbonyl (C=O) groups excluding carboxylic acids is 2. The van der Waals surface area contributed by atoms with Crippen LogP contribution in [0.5, 0.6) is 0 Å². The lowest BCUT2D eigenvalue weighted by atomic mass is 10.1. The van der Waals surface area contributed by atoms with Gasteiger partial charge in [0.15, 0.2) is 0 Å². The third-order valence-electron chi connectivity index (χ3n) is 3.07. The van der Waals surface area contributed by atoms with Gasteiger partial charge >= 0.3 is 0 Å². The van der Waals surface area contributed by atoms with Crippen molar-refractivity contribution in [3.8, 4) is 0 Å². The van der Waals surface area contributed by atoms with E-state index in [2.05, 4.69) is 15.3 Å². The van der Waals surface area contributed by atoms with Crippen LogP contribution in [0.1, 0.15) is 20.8 Å². The van der Waals surface area contributed by atoms with Gasteiger partial charge in [0.25, 0.3) is 11.8 Å². The third-order valence-corrected chi connectivity index (χ3v) is 3.07. The van der Waals surface area contributed by atoms with Crippen LogP contribution in [0.4, 0.5) is 5.69 Å². The van der Waals surface area contributed by atoms with E-state index in [1.807, 2.05) is 0 Å². The molecule has 0 atom stereocenters. The van der Waals surface area contributed by atoms with Crippen LogP contribution in [-0.4, -0.2) is 21.8 Å². The van der Waals surface area contributed by atoms with E-state index in [4.69, 9.17) is 5.73 Å². The summed E-state index contributed by atoms with van der Waals surface area (Å²) in [4.78, 5) is 31.1. The zero-order valence-electron chi connectivity index (χ0n) is 11.0. The Balaban J connectivity index is 1.83. The highest BCUT2D eigenvalue weighted by Gasteiger charge is 2.16. The van der Waals surface area contributed by atoms with E-state index in [0.29, 0.717) is 11.2 Å². The van der Waals surface area contributed by atoms with Gasteiger partial charge in [0.2, 0.25) is 0 Å². The van der Waals surface area contributed by atoms with E-state index in [-0.39, 0.29) is 11.3 Å². The van der Waals surface area contributed by atoms with E-state index < -0.39 is 11.8 Å². The van der Waals surface area contributed by atoms with Gasteiger partial charge in [-0.15, -0.1) is 0 Å². The fourth-order valence-corrected chi connectivity index (χ4v) is 2.02. The number of pyridine rings is 1. The zero-order valence-corrected chi connectivity index (χ0v) is 11.0. The highest BCUT2D eigenvalue weighted by atomic mass is 16.2. The fraction of sp³-hybridized carbons (Fsp3) is 0. The first-order valence-corrected chi connectivity index (χ1v) is 6.29. The van der Waals surface area contributed by atoms with Crippen molar-refractivity contribution in [1.29, 1.82) is 0 Å². The molecule has 3 aromatic rings. The number of benzene rings is 1. The predicted octanol–water partition coefficient (Wildman–Crippen LogP) is 1.72. The number of amides is 2. The van der Waals surface area contributed by atoms with Gasteiger partial charge in [0.05, 0.1) is 16.6 Å². The number of para-hydroxylation sites is 1.